The standard InChI is InChI=1S/C21H22N2O3S/c1-3-26-17-10-8-16(9-11-17)21-23-18(14-27-21)20(24)22-13-12-15-6-4-5-7-19(15)25-2/h4-11,14H,3,12-13H2,1-2H3,(H,22,24). The maximum atomic E-state index is 12.4. The van der Waals surface area contributed by atoms with Gasteiger partial charge in [-0.15, -0.1) is 11.3 Å². The molecule has 3 rings (SSSR count). The van der Waals surface area contributed by atoms with Crippen molar-refractivity contribution in [1.29, 1.82) is 0 Å². The number of thiazole rings is 1. The highest BCUT2D eigenvalue weighted by Crippen LogP contribution is 2.26. The summed E-state index contributed by atoms with van der Waals surface area (Å²) in [4.78, 5) is 16.8. The molecule has 0 fully saturated rings. The van der Waals surface area contributed by atoms with Gasteiger partial charge in [0.25, 0.3) is 5.91 Å². The highest BCUT2D eigenvalue weighted by atomic mass is 32.1. The van der Waals surface area contributed by atoms with Crippen molar-refractivity contribution in [2.75, 3.05) is 20.3 Å². The fraction of sp³-hybridized carbons (Fsp3) is 0.238. The SMILES string of the molecule is CCOc1ccc(-c2nc(C(=O)NCCc3ccccc3OC)cs2)cc1. The third-order valence-electron chi connectivity index (χ3n) is 4.02. The van der Waals surface area contributed by atoms with E-state index in [0.29, 0.717) is 25.3 Å². The lowest BCUT2D eigenvalue weighted by atomic mass is 10.1. The third-order valence-corrected chi connectivity index (χ3v) is 4.91. The van der Waals surface area contributed by atoms with Crippen molar-refractivity contribution < 1.29 is 14.3 Å². The summed E-state index contributed by atoms with van der Waals surface area (Å²) in [5.41, 5.74) is 2.47. The minimum Gasteiger partial charge on any atom is -0.496 e. The first-order valence-corrected chi connectivity index (χ1v) is 9.68. The summed E-state index contributed by atoms with van der Waals surface area (Å²) in [5, 5.41) is 5.51. The number of hydrogen-bond acceptors (Lipinski definition) is 5. The van der Waals surface area contributed by atoms with Crippen LogP contribution in [0.15, 0.2) is 53.9 Å². The van der Waals surface area contributed by atoms with Gasteiger partial charge in [0.15, 0.2) is 0 Å². The number of methoxy groups -OCH3 is 1. The second-order valence-electron chi connectivity index (χ2n) is 5.81. The first-order chi connectivity index (χ1) is 13.2. The Bertz CT molecular complexity index is 890. The maximum Gasteiger partial charge on any atom is 0.270 e. The van der Waals surface area contributed by atoms with Gasteiger partial charge in [-0.05, 0) is 49.2 Å². The number of benzene rings is 2. The number of aromatic nitrogens is 1. The van der Waals surface area contributed by atoms with Gasteiger partial charge in [0.05, 0.1) is 13.7 Å². The van der Waals surface area contributed by atoms with Gasteiger partial charge < -0.3 is 14.8 Å². The van der Waals surface area contributed by atoms with Crippen LogP contribution >= 0.6 is 11.3 Å². The molecule has 0 saturated heterocycles. The predicted molar refractivity (Wildman–Crippen MR) is 108 cm³/mol. The maximum absolute atomic E-state index is 12.4. The van der Waals surface area contributed by atoms with Gasteiger partial charge >= 0.3 is 0 Å². The summed E-state index contributed by atoms with van der Waals surface area (Å²) in [7, 11) is 1.65. The van der Waals surface area contributed by atoms with Gasteiger partial charge in [-0.3, -0.25) is 4.79 Å². The molecule has 1 amide bonds. The third kappa shape index (κ3) is 4.86. The minimum absolute atomic E-state index is 0.168. The van der Waals surface area contributed by atoms with Crippen LogP contribution in [0.3, 0.4) is 0 Å². The van der Waals surface area contributed by atoms with E-state index in [-0.39, 0.29) is 5.91 Å². The zero-order chi connectivity index (χ0) is 19.1. The number of ether oxygens (including phenoxy) is 2. The zero-order valence-electron chi connectivity index (χ0n) is 15.4. The van der Waals surface area contributed by atoms with Crippen molar-refractivity contribution >= 4 is 17.2 Å². The van der Waals surface area contributed by atoms with E-state index in [4.69, 9.17) is 9.47 Å². The van der Waals surface area contributed by atoms with Crippen molar-refractivity contribution in [3.8, 4) is 22.1 Å². The number of carbonyl (C=O) groups is 1. The Labute approximate surface area is 163 Å². The predicted octanol–water partition coefficient (Wildman–Crippen LogP) is 4.19. The monoisotopic (exact) mass is 382 g/mol. The fourth-order valence-corrected chi connectivity index (χ4v) is 3.49. The summed E-state index contributed by atoms with van der Waals surface area (Å²) in [5.74, 6) is 1.49. The largest absolute Gasteiger partial charge is 0.496 e. The Kier molecular flexibility index (Phi) is 6.44. The van der Waals surface area contributed by atoms with Crippen molar-refractivity contribution in [2.45, 2.75) is 13.3 Å². The van der Waals surface area contributed by atoms with Gasteiger partial charge in [0.2, 0.25) is 0 Å². The van der Waals surface area contributed by atoms with Gasteiger partial charge in [0, 0.05) is 17.5 Å². The average molecular weight is 382 g/mol. The molecule has 1 aromatic heterocycles. The Morgan fingerprint density at radius 2 is 1.93 bits per heavy atom. The molecule has 0 aliphatic carbocycles. The van der Waals surface area contributed by atoms with Crippen molar-refractivity contribution in [1.82, 2.24) is 10.3 Å². The van der Waals surface area contributed by atoms with Crippen LogP contribution in [-0.4, -0.2) is 31.2 Å². The Hall–Kier alpha value is -2.86. The molecular weight excluding hydrogens is 360 g/mol. The Balaban J connectivity index is 1.58. The summed E-state index contributed by atoms with van der Waals surface area (Å²) >= 11 is 1.45. The summed E-state index contributed by atoms with van der Waals surface area (Å²) in [6, 6.07) is 15.5. The van der Waals surface area contributed by atoms with E-state index >= 15 is 0 Å². The topological polar surface area (TPSA) is 60.5 Å². The van der Waals surface area contributed by atoms with E-state index in [9.17, 15) is 4.79 Å². The zero-order valence-corrected chi connectivity index (χ0v) is 16.2. The molecule has 27 heavy (non-hydrogen) atoms. The molecule has 6 heteroatoms. The van der Waals surface area contributed by atoms with Crippen LogP contribution in [0.25, 0.3) is 10.6 Å². The Morgan fingerprint density at radius 1 is 1.15 bits per heavy atom. The van der Waals surface area contributed by atoms with E-state index in [1.807, 2.05) is 55.5 Å². The van der Waals surface area contributed by atoms with Gasteiger partial charge in [-0.2, -0.15) is 0 Å². The number of rotatable bonds is 8. The van der Waals surface area contributed by atoms with Crippen molar-refractivity contribution in [3.63, 3.8) is 0 Å². The molecule has 0 radical (unpaired) electrons. The van der Waals surface area contributed by atoms with Crippen LogP contribution in [0.4, 0.5) is 0 Å². The molecule has 0 saturated carbocycles. The van der Waals surface area contributed by atoms with Gasteiger partial charge in [-0.1, -0.05) is 18.2 Å². The number of nitrogens with one attached hydrogen (secondary N) is 1. The van der Waals surface area contributed by atoms with E-state index in [2.05, 4.69) is 10.3 Å². The molecule has 0 spiro atoms. The summed E-state index contributed by atoms with van der Waals surface area (Å²) in [6.07, 6.45) is 0.700. The summed E-state index contributed by atoms with van der Waals surface area (Å²) in [6.45, 7) is 3.11. The van der Waals surface area contributed by atoms with Crippen LogP contribution in [0, 0.1) is 0 Å². The number of amides is 1. The molecule has 2 aromatic carbocycles. The molecular formula is C21H22N2O3S. The lowest BCUT2D eigenvalue weighted by Crippen LogP contribution is -2.26. The molecule has 0 atom stereocenters. The van der Waals surface area contributed by atoms with Crippen LogP contribution in [0.5, 0.6) is 11.5 Å². The van der Waals surface area contributed by atoms with Gasteiger partial charge in [0.1, 0.15) is 22.2 Å². The lowest BCUT2D eigenvalue weighted by molar-refractivity contribution is 0.0950. The molecule has 1 N–H and O–H groups in total. The second kappa shape index (κ2) is 9.19. The number of nitrogens with zero attached hydrogens (tertiary/aromatic N) is 1. The first-order valence-electron chi connectivity index (χ1n) is 8.80. The molecule has 0 bridgehead atoms. The quantitative estimate of drug-likeness (QED) is 0.635. The number of hydrogen-bond donors (Lipinski definition) is 1. The lowest BCUT2D eigenvalue weighted by Gasteiger charge is -2.08. The van der Waals surface area contributed by atoms with E-state index in [1.54, 1.807) is 12.5 Å². The molecule has 3 aromatic rings. The van der Waals surface area contributed by atoms with Crippen LogP contribution in [0.1, 0.15) is 23.0 Å². The van der Waals surface area contributed by atoms with E-state index in [1.165, 1.54) is 11.3 Å². The van der Waals surface area contributed by atoms with Crippen molar-refractivity contribution in [3.05, 3.63) is 65.2 Å². The van der Waals surface area contributed by atoms with Crippen LogP contribution in [0.2, 0.25) is 0 Å². The fourth-order valence-electron chi connectivity index (χ4n) is 2.68. The first kappa shape index (κ1) is 18.9. The normalized spacial score (nSPS) is 10.4. The Morgan fingerprint density at radius 3 is 2.67 bits per heavy atom. The van der Waals surface area contributed by atoms with E-state index < -0.39 is 0 Å². The molecule has 0 aliphatic heterocycles. The van der Waals surface area contributed by atoms with Crippen LogP contribution < -0.4 is 14.8 Å². The average Bonchev–Trinajstić information content (AvgIpc) is 3.19. The minimum atomic E-state index is -0.168. The molecule has 0 unspecified atom stereocenters. The van der Waals surface area contributed by atoms with Gasteiger partial charge in [-0.25, -0.2) is 4.98 Å². The number of carbonyl (C=O) groups excluding carboxylic acids is 1. The molecule has 5 nitrogen and oxygen atoms in total. The highest BCUT2D eigenvalue weighted by Gasteiger charge is 2.12. The highest BCUT2D eigenvalue weighted by molar-refractivity contribution is 7.13. The second-order valence-corrected chi connectivity index (χ2v) is 6.67. The number of para-hydroxylation sites is 1. The van der Waals surface area contributed by atoms with E-state index in [0.717, 1.165) is 27.6 Å². The summed E-state index contributed by atoms with van der Waals surface area (Å²) < 4.78 is 10.8. The molecule has 0 aliphatic rings. The smallest absolute Gasteiger partial charge is 0.270 e. The molecule has 140 valence electrons. The van der Waals surface area contributed by atoms with Crippen molar-refractivity contribution in [2.24, 2.45) is 0 Å². The molecule has 1 heterocycles. The van der Waals surface area contributed by atoms with Crippen LogP contribution in [-0.2, 0) is 6.42 Å².